The Balaban J connectivity index is 1.49. The van der Waals surface area contributed by atoms with E-state index in [1.54, 1.807) is 30.5 Å². The molecule has 0 spiro atoms. The van der Waals surface area contributed by atoms with Crippen LogP contribution >= 0.6 is 11.3 Å². The van der Waals surface area contributed by atoms with E-state index in [2.05, 4.69) is 15.2 Å². The number of nitrogens with one attached hydrogen (secondary N) is 1. The number of thiazole rings is 1. The molecule has 2 aromatic rings. The van der Waals surface area contributed by atoms with Crippen molar-refractivity contribution in [2.45, 2.75) is 13.5 Å². The number of hydrogen-bond donors (Lipinski definition) is 1. The first-order valence-corrected chi connectivity index (χ1v) is 10.5. The van der Waals surface area contributed by atoms with Crippen LogP contribution in [0.3, 0.4) is 0 Å². The van der Waals surface area contributed by atoms with Gasteiger partial charge in [0.05, 0.1) is 17.2 Å². The minimum Gasteiger partial charge on any atom is -0.487 e. The smallest absolute Gasteiger partial charge is 0.246 e. The maximum Gasteiger partial charge on any atom is 0.246 e. The average molecular weight is 415 g/mol. The second-order valence-electron chi connectivity index (χ2n) is 6.83. The summed E-state index contributed by atoms with van der Waals surface area (Å²) < 4.78 is 5.80. The Kier molecular flexibility index (Phi) is 7.37. The number of carbonyl (C=O) groups is 2. The minimum atomic E-state index is -0.0196. The molecule has 8 heteroatoms. The van der Waals surface area contributed by atoms with E-state index in [1.165, 1.54) is 0 Å². The molecule has 154 valence electrons. The molecular weight excluding hydrogens is 388 g/mol. The maximum atomic E-state index is 12.5. The van der Waals surface area contributed by atoms with E-state index in [4.69, 9.17) is 4.74 Å². The zero-order valence-corrected chi connectivity index (χ0v) is 17.6. The van der Waals surface area contributed by atoms with Gasteiger partial charge in [0, 0.05) is 44.7 Å². The van der Waals surface area contributed by atoms with Crippen molar-refractivity contribution in [3.63, 3.8) is 0 Å². The van der Waals surface area contributed by atoms with Crippen molar-refractivity contribution >= 4 is 29.2 Å². The average Bonchev–Trinajstić information content (AvgIpc) is 3.16. The van der Waals surface area contributed by atoms with Crippen LogP contribution in [-0.2, 0) is 16.2 Å². The van der Waals surface area contributed by atoms with E-state index < -0.39 is 0 Å². The number of rotatable bonds is 7. The van der Waals surface area contributed by atoms with Crippen LogP contribution in [-0.4, -0.2) is 66.4 Å². The highest BCUT2D eigenvalue weighted by Gasteiger charge is 2.20. The van der Waals surface area contributed by atoms with E-state index >= 15 is 0 Å². The summed E-state index contributed by atoms with van der Waals surface area (Å²) in [5, 5.41) is 5.64. The molecule has 7 nitrogen and oxygen atoms in total. The van der Waals surface area contributed by atoms with Crippen molar-refractivity contribution in [3.8, 4) is 5.75 Å². The lowest BCUT2D eigenvalue weighted by Gasteiger charge is -2.33. The summed E-state index contributed by atoms with van der Waals surface area (Å²) >= 11 is 1.60. The second kappa shape index (κ2) is 10.2. The molecule has 0 saturated carbocycles. The van der Waals surface area contributed by atoms with Crippen molar-refractivity contribution in [3.05, 3.63) is 52.0 Å². The highest BCUT2D eigenvalue weighted by atomic mass is 32.1. The van der Waals surface area contributed by atoms with Gasteiger partial charge in [-0.25, -0.2) is 4.98 Å². The summed E-state index contributed by atoms with van der Waals surface area (Å²) in [7, 11) is 1.63. The molecule has 1 fully saturated rings. The van der Waals surface area contributed by atoms with Gasteiger partial charge in [-0.05, 0) is 30.7 Å². The Hall–Kier alpha value is -2.71. The number of hydrogen-bond acceptors (Lipinski definition) is 6. The zero-order chi connectivity index (χ0) is 20.6. The van der Waals surface area contributed by atoms with Gasteiger partial charge in [0.15, 0.2) is 0 Å². The number of benzene rings is 1. The number of likely N-dealkylation sites (N-methyl/N-ethyl adjacent to an activating group) is 1. The third-order valence-corrected chi connectivity index (χ3v) is 5.48. The van der Waals surface area contributed by atoms with Crippen LogP contribution in [0.25, 0.3) is 6.08 Å². The fourth-order valence-electron chi connectivity index (χ4n) is 3.02. The Morgan fingerprint density at radius 2 is 2.07 bits per heavy atom. The first-order valence-electron chi connectivity index (χ1n) is 9.57. The largest absolute Gasteiger partial charge is 0.487 e. The van der Waals surface area contributed by atoms with Crippen molar-refractivity contribution in [1.82, 2.24) is 20.1 Å². The fourth-order valence-corrected chi connectivity index (χ4v) is 3.62. The first kappa shape index (κ1) is 21.0. The monoisotopic (exact) mass is 414 g/mol. The molecule has 1 N–H and O–H groups in total. The number of ether oxygens (including phenoxy) is 1. The van der Waals surface area contributed by atoms with Crippen LogP contribution in [0.5, 0.6) is 5.75 Å². The topological polar surface area (TPSA) is 74.8 Å². The second-order valence-corrected chi connectivity index (χ2v) is 7.89. The normalized spacial score (nSPS) is 14.9. The lowest BCUT2D eigenvalue weighted by molar-refractivity contribution is -0.128. The number of amides is 2. The van der Waals surface area contributed by atoms with Crippen LogP contribution in [0.1, 0.15) is 16.3 Å². The van der Waals surface area contributed by atoms with Crippen molar-refractivity contribution in [2.24, 2.45) is 0 Å². The first-order chi connectivity index (χ1) is 14.0. The van der Waals surface area contributed by atoms with Gasteiger partial charge in [-0.1, -0.05) is 12.1 Å². The van der Waals surface area contributed by atoms with Gasteiger partial charge in [-0.15, -0.1) is 11.3 Å². The molecule has 29 heavy (non-hydrogen) atoms. The van der Waals surface area contributed by atoms with Crippen LogP contribution in [0.4, 0.5) is 0 Å². The Labute approximate surface area is 175 Å². The lowest BCUT2D eigenvalue weighted by Crippen LogP contribution is -2.50. The molecule has 0 unspecified atom stereocenters. The SMILES string of the molecule is CNC(=O)CN1CCN(C(=O)/C=C/c2cccc(OCc3csc(C)n3)c2)CC1. The van der Waals surface area contributed by atoms with Crippen molar-refractivity contribution in [1.29, 1.82) is 0 Å². The molecule has 0 aliphatic carbocycles. The molecule has 1 aliphatic heterocycles. The summed E-state index contributed by atoms with van der Waals surface area (Å²) in [6, 6.07) is 7.64. The number of nitrogens with zero attached hydrogens (tertiary/aromatic N) is 3. The van der Waals surface area contributed by atoms with E-state index in [0.29, 0.717) is 39.3 Å². The number of piperazine rings is 1. The molecule has 0 radical (unpaired) electrons. The predicted molar refractivity (Wildman–Crippen MR) is 114 cm³/mol. The third-order valence-electron chi connectivity index (χ3n) is 4.66. The van der Waals surface area contributed by atoms with Gasteiger partial charge in [0.2, 0.25) is 11.8 Å². The fraction of sp³-hybridized carbons (Fsp3) is 0.381. The molecule has 3 rings (SSSR count). The molecule has 1 aromatic heterocycles. The van der Waals surface area contributed by atoms with E-state index in [1.807, 2.05) is 41.5 Å². The third kappa shape index (κ3) is 6.40. The van der Waals surface area contributed by atoms with Crippen LogP contribution in [0, 0.1) is 6.92 Å². The minimum absolute atomic E-state index is 0.00307. The van der Waals surface area contributed by atoms with Crippen LogP contribution in [0.2, 0.25) is 0 Å². The summed E-state index contributed by atoms with van der Waals surface area (Å²) in [5.74, 6) is 0.721. The molecule has 1 saturated heterocycles. The quantitative estimate of drug-likeness (QED) is 0.701. The summed E-state index contributed by atoms with van der Waals surface area (Å²) in [4.78, 5) is 32.2. The molecule has 1 aromatic carbocycles. The number of aromatic nitrogens is 1. The van der Waals surface area contributed by atoms with Gasteiger partial charge in [-0.2, -0.15) is 0 Å². The van der Waals surface area contributed by atoms with Crippen molar-refractivity contribution in [2.75, 3.05) is 39.8 Å². The number of carbonyl (C=O) groups excluding carboxylic acids is 2. The highest BCUT2D eigenvalue weighted by Crippen LogP contribution is 2.17. The Bertz CT molecular complexity index is 872. The summed E-state index contributed by atoms with van der Waals surface area (Å²) in [5.41, 5.74) is 1.82. The standard InChI is InChI=1S/C21H26N4O3S/c1-16-23-18(15-29-16)14-28-19-5-3-4-17(12-19)6-7-21(27)25-10-8-24(9-11-25)13-20(26)22-2/h3-7,12,15H,8-11,13-14H2,1-2H3,(H,22,26)/b7-6+. The van der Waals surface area contributed by atoms with E-state index in [9.17, 15) is 9.59 Å². The van der Waals surface area contributed by atoms with Gasteiger partial charge in [-0.3, -0.25) is 14.5 Å². The van der Waals surface area contributed by atoms with Gasteiger partial charge >= 0.3 is 0 Å². The molecule has 0 bridgehead atoms. The summed E-state index contributed by atoms with van der Waals surface area (Å²) in [6.45, 7) is 5.42. The molecule has 1 aliphatic rings. The predicted octanol–water partition coefficient (Wildman–Crippen LogP) is 1.93. The maximum absolute atomic E-state index is 12.5. The zero-order valence-electron chi connectivity index (χ0n) is 16.8. The van der Waals surface area contributed by atoms with Gasteiger partial charge in [0.1, 0.15) is 12.4 Å². The van der Waals surface area contributed by atoms with Crippen molar-refractivity contribution < 1.29 is 14.3 Å². The Morgan fingerprint density at radius 3 is 2.76 bits per heavy atom. The molecule has 0 atom stereocenters. The summed E-state index contributed by atoms with van der Waals surface area (Å²) in [6.07, 6.45) is 3.40. The Morgan fingerprint density at radius 1 is 1.28 bits per heavy atom. The van der Waals surface area contributed by atoms with Gasteiger partial charge in [0.25, 0.3) is 0 Å². The van der Waals surface area contributed by atoms with E-state index in [-0.39, 0.29) is 11.8 Å². The molecule has 2 heterocycles. The highest BCUT2D eigenvalue weighted by molar-refractivity contribution is 7.09. The van der Waals surface area contributed by atoms with Crippen LogP contribution < -0.4 is 10.1 Å². The van der Waals surface area contributed by atoms with Gasteiger partial charge < -0.3 is 15.0 Å². The van der Waals surface area contributed by atoms with Crippen LogP contribution in [0.15, 0.2) is 35.7 Å². The number of aryl methyl sites for hydroxylation is 1. The lowest BCUT2D eigenvalue weighted by atomic mass is 10.2. The molecular formula is C21H26N4O3S. The molecule has 2 amide bonds. The van der Waals surface area contributed by atoms with E-state index in [0.717, 1.165) is 22.0 Å².